The van der Waals surface area contributed by atoms with E-state index in [1.54, 1.807) is 0 Å². The predicted octanol–water partition coefficient (Wildman–Crippen LogP) is 4.00. The third-order valence-electron chi connectivity index (χ3n) is 3.33. The van der Waals surface area contributed by atoms with Gasteiger partial charge in [-0.1, -0.05) is 25.1 Å². The van der Waals surface area contributed by atoms with Crippen LogP contribution in [0.5, 0.6) is 0 Å². The highest BCUT2D eigenvalue weighted by Crippen LogP contribution is 2.29. The summed E-state index contributed by atoms with van der Waals surface area (Å²) in [7, 11) is 0. The van der Waals surface area contributed by atoms with Crippen molar-refractivity contribution in [3.63, 3.8) is 0 Å². The van der Waals surface area contributed by atoms with Crippen molar-refractivity contribution >= 4 is 22.6 Å². The minimum Gasteiger partial charge on any atom is -0.306 e. The highest BCUT2D eigenvalue weighted by Gasteiger charge is 2.18. The van der Waals surface area contributed by atoms with E-state index < -0.39 is 0 Å². The van der Waals surface area contributed by atoms with Gasteiger partial charge in [0.15, 0.2) is 0 Å². The summed E-state index contributed by atoms with van der Waals surface area (Å²) < 4.78 is 1.33. The van der Waals surface area contributed by atoms with Gasteiger partial charge >= 0.3 is 0 Å². The number of hydrogen-bond acceptors (Lipinski definition) is 2. The third kappa shape index (κ3) is 3.15. The van der Waals surface area contributed by atoms with Crippen molar-refractivity contribution in [3.8, 4) is 0 Å². The van der Waals surface area contributed by atoms with Crippen molar-refractivity contribution in [1.29, 1.82) is 0 Å². The van der Waals surface area contributed by atoms with Gasteiger partial charge in [0, 0.05) is 16.0 Å². The number of hydrogen-bond donors (Lipinski definition) is 1. The number of aromatic nitrogens is 1. The Morgan fingerprint density at radius 2 is 1.95 bits per heavy atom. The molecule has 2 nitrogen and oxygen atoms in total. The van der Waals surface area contributed by atoms with Crippen molar-refractivity contribution in [2.45, 2.75) is 26.8 Å². The molecular weight excluding hydrogens is 347 g/mol. The molecule has 0 spiro atoms. The summed E-state index contributed by atoms with van der Waals surface area (Å²) in [5.74, 6) is 0. The molecule has 1 aromatic heterocycles. The molecule has 1 atom stereocenters. The van der Waals surface area contributed by atoms with Gasteiger partial charge in [-0.3, -0.25) is 4.98 Å². The van der Waals surface area contributed by atoms with Crippen LogP contribution < -0.4 is 5.32 Å². The molecule has 1 N–H and O–H groups in total. The second kappa shape index (κ2) is 6.48. The molecule has 0 saturated heterocycles. The second-order valence-electron chi connectivity index (χ2n) is 4.70. The van der Waals surface area contributed by atoms with E-state index in [9.17, 15) is 0 Å². The summed E-state index contributed by atoms with van der Waals surface area (Å²) in [6, 6.07) is 8.77. The van der Waals surface area contributed by atoms with E-state index in [2.05, 4.69) is 77.9 Å². The first-order chi connectivity index (χ1) is 9.15. The summed E-state index contributed by atoms with van der Waals surface area (Å²) in [4.78, 5) is 4.28. The minimum absolute atomic E-state index is 0.213. The zero-order valence-electron chi connectivity index (χ0n) is 11.6. The van der Waals surface area contributed by atoms with Crippen LogP contribution in [0.15, 0.2) is 36.7 Å². The molecular formula is C16H19IN2. The zero-order chi connectivity index (χ0) is 13.8. The van der Waals surface area contributed by atoms with Crippen LogP contribution >= 0.6 is 22.6 Å². The number of halogens is 1. The summed E-state index contributed by atoms with van der Waals surface area (Å²) in [5, 5.41) is 3.58. The predicted molar refractivity (Wildman–Crippen MR) is 88.4 cm³/mol. The van der Waals surface area contributed by atoms with Gasteiger partial charge in [0.25, 0.3) is 0 Å². The number of nitrogens with zero attached hydrogens (tertiary/aromatic N) is 1. The van der Waals surface area contributed by atoms with Crippen molar-refractivity contribution < 1.29 is 0 Å². The molecule has 0 aliphatic rings. The molecule has 0 radical (unpaired) electrons. The Kier molecular flexibility index (Phi) is 4.93. The van der Waals surface area contributed by atoms with Gasteiger partial charge in [-0.25, -0.2) is 0 Å². The maximum absolute atomic E-state index is 4.28. The van der Waals surface area contributed by atoms with Crippen LogP contribution in [0.2, 0.25) is 0 Å². The van der Waals surface area contributed by atoms with Crippen LogP contribution in [0.25, 0.3) is 0 Å². The summed E-state index contributed by atoms with van der Waals surface area (Å²) in [6.07, 6.45) is 3.82. The number of pyridine rings is 1. The average Bonchev–Trinajstić information content (AvgIpc) is 2.41. The van der Waals surface area contributed by atoms with Gasteiger partial charge in [-0.2, -0.15) is 0 Å². The van der Waals surface area contributed by atoms with E-state index in [0.29, 0.717) is 0 Å². The van der Waals surface area contributed by atoms with Crippen LogP contribution in [-0.4, -0.2) is 11.5 Å². The molecule has 3 heteroatoms. The van der Waals surface area contributed by atoms with Crippen molar-refractivity contribution in [2.24, 2.45) is 0 Å². The van der Waals surface area contributed by atoms with Crippen LogP contribution in [0.4, 0.5) is 0 Å². The van der Waals surface area contributed by atoms with Crippen LogP contribution in [0, 0.1) is 17.4 Å². The number of rotatable bonds is 4. The molecule has 0 aliphatic heterocycles. The molecule has 100 valence electrons. The van der Waals surface area contributed by atoms with Crippen molar-refractivity contribution in [3.05, 3.63) is 62.5 Å². The maximum atomic E-state index is 4.28. The Balaban J connectivity index is 2.52. The molecule has 1 aromatic carbocycles. The Morgan fingerprint density at radius 1 is 1.16 bits per heavy atom. The van der Waals surface area contributed by atoms with Gasteiger partial charge in [-0.05, 0) is 71.3 Å². The smallest absolute Gasteiger partial charge is 0.0605 e. The molecule has 1 heterocycles. The fourth-order valence-corrected chi connectivity index (χ4v) is 2.93. The average molecular weight is 366 g/mol. The van der Waals surface area contributed by atoms with Crippen molar-refractivity contribution in [2.75, 3.05) is 6.54 Å². The SMILES string of the molecule is CCNC(c1cnccc1C)c1cccc(C)c1I. The van der Waals surface area contributed by atoms with Gasteiger partial charge < -0.3 is 5.32 Å². The number of benzene rings is 1. The second-order valence-corrected chi connectivity index (χ2v) is 5.78. The third-order valence-corrected chi connectivity index (χ3v) is 4.81. The first-order valence-electron chi connectivity index (χ1n) is 6.54. The van der Waals surface area contributed by atoms with E-state index in [0.717, 1.165) is 6.54 Å². The lowest BCUT2D eigenvalue weighted by Crippen LogP contribution is -2.24. The molecule has 19 heavy (non-hydrogen) atoms. The topological polar surface area (TPSA) is 24.9 Å². The van der Waals surface area contributed by atoms with Gasteiger partial charge in [0.2, 0.25) is 0 Å². The lowest BCUT2D eigenvalue weighted by atomic mass is 9.95. The lowest BCUT2D eigenvalue weighted by molar-refractivity contribution is 0.622. The monoisotopic (exact) mass is 366 g/mol. The fraction of sp³-hybridized carbons (Fsp3) is 0.312. The highest BCUT2D eigenvalue weighted by molar-refractivity contribution is 14.1. The Labute approximate surface area is 128 Å². The van der Waals surface area contributed by atoms with Gasteiger partial charge in [-0.15, -0.1) is 0 Å². The van der Waals surface area contributed by atoms with Crippen LogP contribution in [-0.2, 0) is 0 Å². The van der Waals surface area contributed by atoms with E-state index in [4.69, 9.17) is 0 Å². The van der Waals surface area contributed by atoms with Crippen LogP contribution in [0.3, 0.4) is 0 Å². The van der Waals surface area contributed by atoms with E-state index in [1.165, 1.54) is 25.8 Å². The van der Waals surface area contributed by atoms with E-state index >= 15 is 0 Å². The molecule has 0 fully saturated rings. The van der Waals surface area contributed by atoms with E-state index in [1.807, 2.05) is 12.4 Å². The molecule has 0 amide bonds. The Hall–Kier alpha value is -0.940. The standard InChI is InChI=1S/C16H19IN2/c1-4-19-16(14-10-18-9-8-11(14)2)13-7-5-6-12(3)15(13)17/h5-10,16,19H,4H2,1-3H3. The quantitative estimate of drug-likeness (QED) is 0.828. The van der Waals surface area contributed by atoms with E-state index in [-0.39, 0.29) is 6.04 Å². The fourth-order valence-electron chi connectivity index (χ4n) is 2.26. The first kappa shape index (κ1) is 14.5. The van der Waals surface area contributed by atoms with Gasteiger partial charge in [0.1, 0.15) is 0 Å². The Bertz CT molecular complexity index is 566. The molecule has 0 aliphatic carbocycles. The molecule has 2 rings (SSSR count). The molecule has 0 bridgehead atoms. The molecule has 2 aromatic rings. The molecule has 1 unspecified atom stereocenters. The number of aryl methyl sites for hydroxylation is 2. The zero-order valence-corrected chi connectivity index (χ0v) is 13.7. The highest BCUT2D eigenvalue weighted by atomic mass is 127. The minimum atomic E-state index is 0.213. The molecule has 0 saturated carbocycles. The maximum Gasteiger partial charge on any atom is 0.0605 e. The largest absolute Gasteiger partial charge is 0.306 e. The summed E-state index contributed by atoms with van der Waals surface area (Å²) in [6.45, 7) is 7.37. The normalized spacial score (nSPS) is 12.4. The Morgan fingerprint density at radius 3 is 2.63 bits per heavy atom. The first-order valence-corrected chi connectivity index (χ1v) is 7.62. The number of nitrogens with one attached hydrogen (secondary N) is 1. The lowest BCUT2D eigenvalue weighted by Gasteiger charge is -2.22. The van der Waals surface area contributed by atoms with Gasteiger partial charge in [0.05, 0.1) is 6.04 Å². The van der Waals surface area contributed by atoms with Crippen LogP contribution in [0.1, 0.15) is 35.2 Å². The van der Waals surface area contributed by atoms with Crippen molar-refractivity contribution in [1.82, 2.24) is 10.3 Å². The summed E-state index contributed by atoms with van der Waals surface area (Å²) >= 11 is 2.44. The summed E-state index contributed by atoms with van der Waals surface area (Å²) in [5.41, 5.74) is 5.19.